The SMILES string of the molecule is O=C(O)C1Cc2ccccc2CN1C(=O)C1COCCO1. The van der Waals surface area contributed by atoms with E-state index in [1.807, 2.05) is 24.3 Å². The van der Waals surface area contributed by atoms with Gasteiger partial charge in [0.2, 0.25) is 0 Å². The highest BCUT2D eigenvalue weighted by atomic mass is 16.6. The molecule has 2 aliphatic heterocycles. The van der Waals surface area contributed by atoms with E-state index in [2.05, 4.69) is 0 Å². The molecule has 1 aromatic rings. The maximum Gasteiger partial charge on any atom is 0.326 e. The van der Waals surface area contributed by atoms with Crippen LogP contribution in [0.2, 0.25) is 0 Å². The average molecular weight is 291 g/mol. The van der Waals surface area contributed by atoms with Crippen LogP contribution in [0.4, 0.5) is 0 Å². The molecule has 1 N–H and O–H groups in total. The first kappa shape index (κ1) is 14.0. The van der Waals surface area contributed by atoms with Gasteiger partial charge in [-0.05, 0) is 11.1 Å². The number of fused-ring (bicyclic) bond motifs is 1. The first-order chi connectivity index (χ1) is 10.2. The Balaban J connectivity index is 1.85. The van der Waals surface area contributed by atoms with Crippen molar-refractivity contribution in [2.24, 2.45) is 0 Å². The maximum absolute atomic E-state index is 12.5. The van der Waals surface area contributed by atoms with Crippen LogP contribution in [-0.4, -0.2) is 53.8 Å². The van der Waals surface area contributed by atoms with Crippen molar-refractivity contribution in [3.63, 3.8) is 0 Å². The van der Waals surface area contributed by atoms with Crippen LogP contribution in [0.5, 0.6) is 0 Å². The molecule has 6 nitrogen and oxygen atoms in total. The zero-order valence-corrected chi connectivity index (χ0v) is 11.5. The highest BCUT2D eigenvalue weighted by Crippen LogP contribution is 2.25. The van der Waals surface area contributed by atoms with Crippen LogP contribution in [0.15, 0.2) is 24.3 Å². The minimum atomic E-state index is -0.991. The molecule has 2 heterocycles. The summed E-state index contributed by atoms with van der Waals surface area (Å²) in [5.74, 6) is -1.30. The lowest BCUT2D eigenvalue weighted by Crippen LogP contribution is -2.54. The summed E-state index contributed by atoms with van der Waals surface area (Å²) in [7, 11) is 0. The first-order valence-corrected chi connectivity index (χ1v) is 6.96. The Bertz CT molecular complexity index is 553. The van der Waals surface area contributed by atoms with Crippen LogP contribution in [-0.2, 0) is 32.0 Å². The number of aliphatic carboxylic acids is 1. The molecule has 1 saturated heterocycles. The van der Waals surface area contributed by atoms with Gasteiger partial charge < -0.3 is 19.5 Å². The van der Waals surface area contributed by atoms with Gasteiger partial charge in [0, 0.05) is 13.0 Å². The summed E-state index contributed by atoms with van der Waals surface area (Å²) in [5.41, 5.74) is 1.97. The lowest BCUT2D eigenvalue weighted by Gasteiger charge is -2.37. The molecule has 0 spiro atoms. The van der Waals surface area contributed by atoms with Crippen molar-refractivity contribution >= 4 is 11.9 Å². The Morgan fingerprint density at radius 2 is 1.95 bits per heavy atom. The third kappa shape index (κ3) is 2.77. The minimum absolute atomic E-state index is 0.184. The second kappa shape index (κ2) is 5.83. The van der Waals surface area contributed by atoms with Gasteiger partial charge in [-0.1, -0.05) is 24.3 Å². The van der Waals surface area contributed by atoms with Crippen molar-refractivity contribution in [2.45, 2.75) is 25.1 Å². The van der Waals surface area contributed by atoms with Gasteiger partial charge in [0.25, 0.3) is 5.91 Å². The summed E-state index contributed by atoms with van der Waals surface area (Å²) in [6.45, 7) is 1.31. The Morgan fingerprint density at radius 3 is 2.62 bits per heavy atom. The van der Waals surface area contributed by atoms with Crippen LogP contribution >= 0.6 is 0 Å². The zero-order valence-electron chi connectivity index (χ0n) is 11.5. The fourth-order valence-corrected chi connectivity index (χ4v) is 2.79. The van der Waals surface area contributed by atoms with Gasteiger partial charge >= 0.3 is 5.97 Å². The molecule has 0 radical (unpaired) electrons. The molecule has 1 aromatic carbocycles. The minimum Gasteiger partial charge on any atom is -0.480 e. The molecule has 2 aliphatic rings. The molecular formula is C15H17NO5. The molecule has 6 heteroatoms. The highest BCUT2D eigenvalue weighted by molar-refractivity contribution is 5.87. The van der Waals surface area contributed by atoms with Crippen molar-refractivity contribution in [1.82, 2.24) is 4.90 Å². The summed E-state index contributed by atoms with van der Waals surface area (Å²) in [6.07, 6.45) is -0.379. The largest absolute Gasteiger partial charge is 0.480 e. The third-order valence-corrected chi connectivity index (χ3v) is 3.91. The summed E-state index contributed by atoms with van der Waals surface area (Å²) >= 11 is 0. The van der Waals surface area contributed by atoms with Gasteiger partial charge in [-0.15, -0.1) is 0 Å². The van der Waals surface area contributed by atoms with Crippen LogP contribution < -0.4 is 0 Å². The van der Waals surface area contributed by atoms with Crippen LogP contribution in [0, 0.1) is 0 Å². The number of nitrogens with zero attached hydrogens (tertiary/aromatic N) is 1. The number of ether oxygens (including phenoxy) is 2. The topological polar surface area (TPSA) is 76.1 Å². The number of rotatable bonds is 2. The van der Waals surface area contributed by atoms with E-state index in [1.54, 1.807) is 0 Å². The van der Waals surface area contributed by atoms with Crippen LogP contribution in [0.1, 0.15) is 11.1 Å². The number of carboxylic acid groups (broad SMARTS) is 1. The number of carboxylic acids is 1. The predicted molar refractivity (Wildman–Crippen MR) is 72.7 cm³/mol. The van der Waals surface area contributed by atoms with Gasteiger partial charge in [-0.2, -0.15) is 0 Å². The lowest BCUT2D eigenvalue weighted by molar-refractivity contribution is -0.166. The van der Waals surface area contributed by atoms with Gasteiger partial charge in [-0.3, -0.25) is 4.79 Å². The van der Waals surface area contributed by atoms with E-state index in [-0.39, 0.29) is 12.5 Å². The molecule has 0 aromatic heterocycles. The number of hydrogen-bond acceptors (Lipinski definition) is 4. The van der Waals surface area contributed by atoms with Gasteiger partial charge in [0.1, 0.15) is 6.04 Å². The molecule has 0 saturated carbocycles. The molecule has 1 fully saturated rings. The molecule has 3 rings (SSSR count). The summed E-state index contributed by atoms with van der Waals surface area (Å²) in [5, 5.41) is 9.42. The number of benzene rings is 1. The van der Waals surface area contributed by atoms with Crippen LogP contribution in [0.3, 0.4) is 0 Å². The molecule has 21 heavy (non-hydrogen) atoms. The van der Waals surface area contributed by atoms with E-state index in [9.17, 15) is 14.7 Å². The smallest absolute Gasteiger partial charge is 0.326 e. The predicted octanol–water partition coefficient (Wildman–Crippen LogP) is 0.440. The molecule has 2 atom stereocenters. The quantitative estimate of drug-likeness (QED) is 0.855. The maximum atomic E-state index is 12.5. The number of amides is 1. The van der Waals surface area contributed by atoms with Crippen molar-refractivity contribution < 1.29 is 24.2 Å². The molecule has 112 valence electrons. The Hall–Kier alpha value is -1.92. The van der Waals surface area contributed by atoms with Crippen molar-refractivity contribution in [1.29, 1.82) is 0 Å². The fourth-order valence-electron chi connectivity index (χ4n) is 2.79. The highest BCUT2D eigenvalue weighted by Gasteiger charge is 2.38. The summed E-state index contributed by atoms with van der Waals surface area (Å²) in [4.78, 5) is 25.4. The average Bonchev–Trinajstić information content (AvgIpc) is 2.53. The van der Waals surface area contributed by atoms with Gasteiger partial charge in [0.05, 0.1) is 19.8 Å². The molecule has 0 bridgehead atoms. The summed E-state index contributed by atoms with van der Waals surface area (Å²) < 4.78 is 10.6. The zero-order chi connectivity index (χ0) is 14.8. The molecule has 0 aliphatic carbocycles. The third-order valence-electron chi connectivity index (χ3n) is 3.91. The first-order valence-electron chi connectivity index (χ1n) is 6.96. The summed E-state index contributed by atoms with van der Waals surface area (Å²) in [6, 6.07) is 6.76. The van der Waals surface area contributed by atoms with E-state index >= 15 is 0 Å². The second-order valence-electron chi connectivity index (χ2n) is 5.23. The lowest BCUT2D eigenvalue weighted by atomic mass is 9.93. The van der Waals surface area contributed by atoms with E-state index in [0.29, 0.717) is 26.2 Å². The second-order valence-corrected chi connectivity index (χ2v) is 5.23. The molecule has 1 amide bonds. The van der Waals surface area contributed by atoms with Crippen LogP contribution in [0.25, 0.3) is 0 Å². The standard InChI is InChI=1S/C15H17NO5/c17-14(13-9-20-5-6-21-13)16-8-11-4-2-1-3-10(11)7-12(16)15(18)19/h1-4,12-13H,5-9H2,(H,18,19). The van der Waals surface area contributed by atoms with E-state index in [0.717, 1.165) is 11.1 Å². The van der Waals surface area contributed by atoms with Gasteiger partial charge in [0.15, 0.2) is 6.10 Å². The Kier molecular flexibility index (Phi) is 3.90. The van der Waals surface area contributed by atoms with Crippen molar-refractivity contribution in [3.8, 4) is 0 Å². The number of hydrogen-bond donors (Lipinski definition) is 1. The number of carbonyl (C=O) groups excluding carboxylic acids is 1. The van der Waals surface area contributed by atoms with E-state index in [1.165, 1.54) is 4.90 Å². The Labute approximate surface area is 122 Å². The molecular weight excluding hydrogens is 274 g/mol. The Morgan fingerprint density at radius 1 is 1.19 bits per heavy atom. The van der Waals surface area contributed by atoms with E-state index < -0.39 is 18.1 Å². The number of carbonyl (C=O) groups is 2. The monoisotopic (exact) mass is 291 g/mol. The normalized spacial score (nSPS) is 25.2. The van der Waals surface area contributed by atoms with E-state index in [4.69, 9.17) is 9.47 Å². The van der Waals surface area contributed by atoms with Crippen molar-refractivity contribution in [2.75, 3.05) is 19.8 Å². The molecule has 2 unspecified atom stereocenters. The van der Waals surface area contributed by atoms with Gasteiger partial charge in [-0.25, -0.2) is 4.79 Å². The van der Waals surface area contributed by atoms with Crippen molar-refractivity contribution in [3.05, 3.63) is 35.4 Å². The fraction of sp³-hybridized carbons (Fsp3) is 0.467.